The highest BCUT2D eigenvalue weighted by Crippen LogP contribution is 2.24. The van der Waals surface area contributed by atoms with E-state index < -0.39 is 11.7 Å². The van der Waals surface area contributed by atoms with Crippen LogP contribution in [0.15, 0.2) is 54.9 Å². The number of nitrogen functional groups attached to an aromatic ring is 1. The van der Waals surface area contributed by atoms with Crippen LogP contribution >= 0.6 is 0 Å². The molecule has 0 aliphatic rings. The van der Waals surface area contributed by atoms with Gasteiger partial charge in [-0.3, -0.25) is 9.78 Å². The second-order valence-corrected chi connectivity index (χ2v) is 4.56. The summed E-state index contributed by atoms with van der Waals surface area (Å²) >= 11 is 0. The van der Waals surface area contributed by atoms with Gasteiger partial charge >= 0.3 is 0 Å². The smallest absolute Gasteiger partial charge is 0.257 e. The number of benzene rings is 2. The Morgan fingerprint density at radius 2 is 1.95 bits per heavy atom. The molecule has 0 saturated heterocycles. The van der Waals surface area contributed by atoms with Crippen LogP contribution in [0, 0.1) is 5.82 Å². The van der Waals surface area contributed by atoms with Crippen LogP contribution in [0.4, 0.5) is 15.8 Å². The predicted molar refractivity (Wildman–Crippen MR) is 80.5 cm³/mol. The van der Waals surface area contributed by atoms with Crippen molar-refractivity contribution in [1.82, 2.24) is 4.98 Å². The Balaban J connectivity index is 1.99. The Hall–Kier alpha value is -2.95. The van der Waals surface area contributed by atoms with Crippen molar-refractivity contribution in [2.24, 2.45) is 0 Å². The second-order valence-electron chi connectivity index (χ2n) is 4.56. The molecule has 0 fully saturated rings. The Morgan fingerprint density at radius 3 is 2.81 bits per heavy atom. The highest BCUT2D eigenvalue weighted by molar-refractivity contribution is 6.11. The van der Waals surface area contributed by atoms with Crippen LogP contribution in [-0.4, -0.2) is 10.9 Å². The number of amides is 1. The van der Waals surface area contributed by atoms with E-state index in [2.05, 4.69) is 10.3 Å². The number of nitrogens with one attached hydrogen (secondary N) is 1. The maximum Gasteiger partial charge on any atom is 0.257 e. The van der Waals surface area contributed by atoms with Gasteiger partial charge in [-0.05, 0) is 29.7 Å². The minimum atomic E-state index is -0.609. The summed E-state index contributed by atoms with van der Waals surface area (Å²) in [6, 6.07) is 11.5. The van der Waals surface area contributed by atoms with E-state index in [1.807, 2.05) is 18.2 Å². The zero-order valence-electron chi connectivity index (χ0n) is 11.0. The topological polar surface area (TPSA) is 68.0 Å². The number of hydrogen-bond acceptors (Lipinski definition) is 3. The molecule has 0 bridgehead atoms. The maximum absolute atomic E-state index is 13.4. The number of nitrogens with two attached hydrogens (primary N) is 1. The Labute approximate surface area is 120 Å². The summed E-state index contributed by atoms with van der Waals surface area (Å²) < 4.78 is 13.4. The lowest BCUT2D eigenvalue weighted by atomic mass is 10.1. The first-order valence-electron chi connectivity index (χ1n) is 6.35. The first kappa shape index (κ1) is 13.1. The molecule has 104 valence electrons. The van der Waals surface area contributed by atoms with Crippen LogP contribution < -0.4 is 11.1 Å². The third kappa shape index (κ3) is 2.41. The number of carbonyl (C=O) groups excluding carboxylic acids is 1. The van der Waals surface area contributed by atoms with Crippen molar-refractivity contribution >= 4 is 28.1 Å². The molecular weight excluding hydrogens is 269 g/mol. The molecule has 4 nitrogen and oxygen atoms in total. The fourth-order valence-corrected chi connectivity index (χ4v) is 2.15. The molecule has 0 unspecified atom stereocenters. The lowest BCUT2D eigenvalue weighted by Crippen LogP contribution is -2.15. The standard InChI is InChI=1S/C16H12FN3O/c17-13-5-2-4-11(15(13)18)16(21)20-14-6-1-3-10-7-8-19-9-12(10)14/h1-9H,18H2,(H,20,21). The maximum atomic E-state index is 13.4. The van der Waals surface area contributed by atoms with E-state index in [0.29, 0.717) is 5.69 Å². The van der Waals surface area contributed by atoms with Crippen molar-refractivity contribution in [1.29, 1.82) is 0 Å². The van der Waals surface area contributed by atoms with Gasteiger partial charge in [-0.25, -0.2) is 4.39 Å². The van der Waals surface area contributed by atoms with E-state index in [1.54, 1.807) is 18.5 Å². The van der Waals surface area contributed by atoms with Crippen LogP contribution in [0.25, 0.3) is 10.8 Å². The number of nitrogens with zero attached hydrogens (tertiary/aromatic N) is 1. The van der Waals surface area contributed by atoms with Gasteiger partial charge in [0.2, 0.25) is 0 Å². The van der Waals surface area contributed by atoms with Gasteiger partial charge in [0.25, 0.3) is 5.91 Å². The van der Waals surface area contributed by atoms with Gasteiger partial charge in [-0.2, -0.15) is 0 Å². The van der Waals surface area contributed by atoms with Gasteiger partial charge in [-0.1, -0.05) is 18.2 Å². The zero-order valence-corrected chi connectivity index (χ0v) is 11.0. The summed E-state index contributed by atoms with van der Waals surface area (Å²) in [6.07, 6.45) is 3.35. The zero-order chi connectivity index (χ0) is 14.8. The number of hydrogen-bond donors (Lipinski definition) is 2. The van der Waals surface area contributed by atoms with E-state index in [9.17, 15) is 9.18 Å². The fraction of sp³-hybridized carbons (Fsp3) is 0. The van der Waals surface area contributed by atoms with E-state index >= 15 is 0 Å². The van der Waals surface area contributed by atoms with Crippen molar-refractivity contribution in [3.05, 3.63) is 66.2 Å². The summed E-state index contributed by atoms with van der Waals surface area (Å²) in [6.45, 7) is 0. The number of para-hydroxylation sites is 1. The second kappa shape index (κ2) is 5.20. The summed E-state index contributed by atoms with van der Waals surface area (Å²) in [4.78, 5) is 16.3. The molecule has 0 aliphatic heterocycles. The molecule has 0 aliphatic carbocycles. The Kier molecular flexibility index (Phi) is 3.23. The van der Waals surface area contributed by atoms with Gasteiger partial charge in [0.1, 0.15) is 5.82 Å². The molecule has 0 saturated carbocycles. The molecule has 1 amide bonds. The minimum Gasteiger partial charge on any atom is -0.396 e. The van der Waals surface area contributed by atoms with E-state index in [0.717, 1.165) is 10.8 Å². The molecule has 2 aromatic carbocycles. The average Bonchev–Trinajstić information content (AvgIpc) is 2.50. The molecule has 0 radical (unpaired) electrons. The molecule has 0 spiro atoms. The number of aromatic nitrogens is 1. The summed E-state index contributed by atoms with van der Waals surface area (Å²) in [7, 11) is 0. The lowest BCUT2D eigenvalue weighted by molar-refractivity contribution is 0.102. The number of fused-ring (bicyclic) bond motifs is 1. The fourth-order valence-electron chi connectivity index (χ4n) is 2.15. The third-order valence-electron chi connectivity index (χ3n) is 3.23. The molecule has 3 rings (SSSR count). The van der Waals surface area contributed by atoms with Crippen molar-refractivity contribution in [3.63, 3.8) is 0 Å². The van der Waals surface area contributed by atoms with Gasteiger partial charge in [0, 0.05) is 17.8 Å². The first-order chi connectivity index (χ1) is 10.2. The average molecular weight is 281 g/mol. The normalized spacial score (nSPS) is 10.5. The molecule has 3 aromatic rings. The largest absolute Gasteiger partial charge is 0.396 e. The number of anilines is 2. The quantitative estimate of drug-likeness (QED) is 0.709. The van der Waals surface area contributed by atoms with Crippen LogP contribution in [0.3, 0.4) is 0 Å². The summed E-state index contributed by atoms with van der Waals surface area (Å²) in [5.41, 5.74) is 6.16. The van der Waals surface area contributed by atoms with Crippen LogP contribution in [0.2, 0.25) is 0 Å². The number of pyridine rings is 1. The number of carbonyl (C=O) groups is 1. The molecule has 5 heteroatoms. The summed E-state index contributed by atoms with van der Waals surface area (Å²) in [5.74, 6) is -1.06. The predicted octanol–water partition coefficient (Wildman–Crippen LogP) is 3.21. The van der Waals surface area contributed by atoms with Crippen LogP contribution in [0.5, 0.6) is 0 Å². The van der Waals surface area contributed by atoms with Gasteiger partial charge < -0.3 is 11.1 Å². The van der Waals surface area contributed by atoms with Gasteiger partial charge in [0.15, 0.2) is 0 Å². The Bertz CT molecular complexity index is 827. The lowest BCUT2D eigenvalue weighted by Gasteiger charge is -2.10. The molecular formula is C16H12FN3O. The van der Waals surface area contributed by atoms with E-state index in [1.165, 1.54) is 18.2 Å². The molecule has 0 atom stereocenters. The van der Waals surface area contributed by atoms with Crippen molar-refractivity contribution in [3.8, 4) is 0 Å². The summed E-state index contributed by atoms with van der Waals surface area (Å²) in [5, 5.41) is 4.51. The van der Waals surface area contributed by atoms with Gasteiger partial charge in [0.05, 0.1) is 16.9 Å². The molecule has 3 N–H and O–H groups in total. The SMILES string of the molecule is Nc1c(F)cccc1C(=O)Nc1cccc2ccncc12. The van der Waals surface area contributed by atoms with Gasteiger partial charge in [-0.15, -0.1) is 0 Å². The van der Waals surface area contributed by atoms with Crippen molar-refractivity contribution in [2.45, 2.75) is 0 Å². The minimum absolute atomic E-state index is 0.107. The van der Waals surface area contributed by atoms with Crippen LogP contribution in [-0.2, 0) is 0 Å². The van der Waals surface area contributed by atoms with E-state index in [-0.39, 0.29) is 11.3 Å². The number of halogens is 1. The Morgan fingerprint density at radius 1 is 1.14 bits per heavy atom. The first-order valence-corrected chi connectivity index (χ1v) is 6.35. The monoisotopic (exact) mass is 281 g/mol. The highest BCUT2D eigenvalue weighted by atomic mass is 19.1. The van der Waals surface area contributed by atoms with Crippen molar-refractivity contribution in [2.75, 3.05) is 11.1 Å². The highest BCUT2D eigenvalue weighted by Gasteiger charge is 2.13. The van der Waals surface area contributed by atoms with E-state index in [4.69, 9.17) is 5.73 Å². The molecule has 1 heterocycles. The third-order valence-corrected chi connectivity index (χ3v) is 3.23. The van der Waals surface area contributed by atoms with Crippen LogP contribution in [0.1, 0.15) is 10.4 Å². The molecule has 21 heavy (non-hydrogen) atoms. The number of rotatable bonds is 2. The molecule has 1 aromatic heterocycles. The van der Waals surface area contributed by atoms with Crippen molar-refractivity contribution < 1.29 is 9.18 Å².